The van der Waals surface area contributed by atoms with Gasteiger partial charge < -0.3 is 30.5 Å². The summed E-state index contributed by atoms with van der Waals surface area (Å²) in [6.45, 7) is 2.15. The SMILES string of the molecule is COCCN(C)CCNC(=O)NC(CC(=O)O)C(=O)O. The number of carboxylic acids is 2. The van der Waals surface area contributed by atoms with Crippen LogP contribution >= 0.6 is 0 Å². The summed E-state index contributed by atoms with van der Waals surface area (Å²) in [6.07, 6.45) is -0.670. The van der Waals surface area contributed by atoms with E-state index in [9.17, 15) is 14.4 Å². The first-order valence-corrected chi connectivity index (χ1v) is 6.03. The average Bonchev–Trinajstić information content (AvgIpc) is 2.34. The lowest BCUT2D eigenvalue weighted by Gasteiger charge is -2.17. The fourth-order valence-corrected chi connectivity index (χ4v) is 1.30. The number of rotatable bonds is 10. The molecule has 9 heteroatoms. The van der Waals surface area contributed by atoms with E-state index in [0.29, 0.717) is 26.2 Å². The molecule has 1 atom stereocenters. The minimum atomic E-state index is -1.45. The molecule has 0 fully saturated rings. The molecule has 0 saturated heterocycles. The normalized spacial score (nSPS) is 11.9. The second-order valence-corrected chi connectivity index (χ2v) is 4.18. The molecule has 0 heterocycles. The van der Waals surface area contributed by atoms with Crippen LogP contribution in [-0.4, -0.2) is 79.5 Å². The Morgan fingerprint density at radius 3 is 2.40 bits per heavy atom. The molecule has 0 aliphatic rings. The molecule has 0 radical (unpaired) electrons. The summed E-state index contributed by atoms with van der Waals surface area (Å²) in [4.78, 5) is 34.5. The molecule has 4 N–H and O–H groups in total. The monoisotopic (exact) mass is 291 g/mol. The third-order valence-corrected chi connectivity index (χ3v) is 2.44. The van der Waals surface area contributed by atoms with Crippen molar-refractivity contribution in [2.75, 3.05) is 40.4 Å². The molecule has 0 aliphatic heterocycles. The van der Waals surface area contributed by atoms with Gasteiger partial charge >= 0.3 is 18.0 Å². The van der Waals surface area contributed by atoms with Crippen LogP contribution in [0.25, 0.3) is 0 Å². The molecule has 0 rings (SSSR count). The van der Waals surface area contributed by atoms with Crippen LogP contribution in [0.3, 0.4) is 0 Å². The lowest BCUT2D eigenvalue weighted by molar-refractivity contribution is -0.145. The number of ether oxygens (including phenoxy) is 1. The third kappa shape index (κ3) is 9.11. The first-order chi connectivity index (χ1) is 9.36. The Kier molecular flexibility index (Phi) is 9.05. The van der Waals surface area contributed by atoms with Crippen LogP contribution in [-0.2, 0) is 14.3 Å². The smallest absolute Gasteiger partial charge is 0.326 e. The standard InChI is InChI=1S/C11H21N3O6/c1-14(5-6-20-2)4-3-12-11(19)13-8(10(17)18)7-9(15)16/h8H,3-7H2,1-2H3,(H,15,16)(H,17,18)(H2,12,13,19). The number of carbonyl (C=O) groups is 3. The number of nitrogens with zero attached hydrogens (tertiary/aromatic N) is 1. The van der Waals surface area contributed by atoms with Crippen molar-refractivity contribution in [2.45, 2.75) is 12.5 Å². The van der Waals surface area contributed by atoms with Crippen LogP contribution in [0.4, 0.5) is 4.79 Å². The maximum Gasteiger partial charge on any atom is 0.326 e. The Balaban J connectivity index is 3.96. The summed E-state index contributed by atoms with van der Waals surface area (Å²) in [5.74, 6) is -2.68. The van der Waals surface area contributed by atoms with Crippen LogP contribution < -0.4 is 10.6 Å². The van der Waals surface area contributed by atoms with Gasteiger partial charge in [-0.15, -0.1) is 0 Å². The highest BCUT2D eigenvalue weighted by molar-refractivity contribution is 5.86. The second kappa shape index (κ2) is 9.98. The number of carbonyl (C=O) groups excluding carboxylic acids is 1. The van der Waals surface area contributed by atoms with Crippen molar-refractivity contribution in [3.05, 3.63) is 0 Å². The van der Waals surface area contributed by atoms with Crippen molar-refractivity contribution in [1.29, 1.82) is 0 Å². The largest absolute Gasteiger partial charge is 0.481 e. The Morgan fingerprint density at radius 2 is 1.90 bits per heavy atom. The van der Waals surface area contributed by atoms with Gasteiger partial charge in [-0.1, -0.05) is 0 Å². The van der Waals surface area contributed by atoms with E-state index in [1.54, 1.807) is 7.11 Å². The molecular weight excluding hydrogens is 270 g/mol. The van der Waals surface area contributed by atoms with E-state index in [0.717, 1.165) is 0 Å². The summed E-state index contributed by atoms with van der Waals surface area (Å²) in [5.41, 5.74) is 0. The number of nitrogens with one attached hydrogen (secondary N) is 2. The second-order valence-electron chi connectivity index (χ2n) is 4.18. The van der Waals surface area contributed by atoms with Crippen LogP contribution in [0.15, 0.2) is 0 Å². The van der Waals surface area contributed by atoms with Gasteiger partial charge in [-0.3, -0.25) is 4.79 Å². The number of methoxy groups -OCH3 is 1. The molecule has 20 heavy (non-hydrogen) atoms. The lowest BCUT2D eigenvalue weighted by Crippen LogP contribution is -2.48. The van der Waals surface area contributed by atoms with Crippen molar-refractivity contribution in [2.24, 2.45) is 0 Å². The molecule has 116 valence electrons. The van der Waals surface area contributed by atoms with E-state index in [4.69, 9.17) is 14.9 Å². The summed E-state index contributed by atoms with van der Waals surface area (Å²) in [6, 6.07) is -2.16. The number of aliphatic carboxylic acids is 2. The van der Waals surface area contributed by atoms with Crippen molar-refractivity contribution in [1.82, 2.24) is 15.5 Å². The van der Waals surface area contributed by atoms with E-state index >= 15 is 0 Å². The Morgan fingerprint density at radius 1 is 1.25 bits per heavy atom. The number of likely N-dealkylation sites (N-methyl/N-ethyl adjacent to an activating group) is 1. The molecule has 0 aliphatic carbocycles. The molecule has 9 nitrogen and oxygen atoms in total. The van der Waals surface area contributed by atoms with Crippen molar-refractivity contribution in [3.8, 4) is 0 Å². The first-order valence-electron chi connectivity index (χ1n) is 6.03. The molecule has 0 saturated carbocycles. The minimum Gasteiger partial charge on any atom is -0.481 e. The molecule has 0 aromatic carbocycles. The van der Waals surface area contributed by atoms with Gasteiger partial charge in [0, 0.05) is 26.7 Å². The van der Waals surface area contributed by atoms with E-state index in [-0.39, 0.29) is 0 Å². The van der Waals surface area contributed by atoms with Crippen molar-refractivity contribution in [3.63, 3.8) is 0 Å². The summed E-state index contributed by atoms with van der Waals surface area (Å²) in [7, 11) is 3.44. The van der Waals surface area contributed by atoms with Gasteiger partial charge in [0.15, 0.2) is 0 Å². The highest BCUT2D eigenvalue weighted by Gasteiger charge is 2.22. The molecular formula is C11H21N3O6. The Bertz CT molecular complexity index is 336. The molecule has 0 bridgehead atoms. The molecule has 1 unspecified atom stereocenters. The van der Waals surface area contributed by atoms with E-state index in [1.165, 1.54) is 0 Å². The number of hydrogen-bond donors (Lipinski definition) is 4. The van der Waals surface area contributed by atoms with Crippen LogP contribution in [0.5, 0.6) is 0 Å². The predicted molar refractivity (Wildman–Crippen MR) is 69.6 cm³/mol. The minimum absolute atomic E-state index is 0.311. The van der Waals surface area contributed by atoms with E-state index in [1.807, 2.05) is 11.9 Å². The van der Waals surface area contributed by atoms with E-state index < -0.39 is 30.4 Å². The van der Waals surface area contributed by atoms with Crippen LogP contribution in [0, 0.1) is 0 Å². The highest BCUT2D eigenvalue weighted by Crippen LogP contribution is 1.92. The summed E-state index contributed by atoms with van der Waals surface area (Å²) >= 11 is 0. The fourth-order valence-electron chi connectivity index (χ4n) is 1.30. The first kappa shape index (κ1) is 18.1. The maximum atomic E-state index is 11.4. The number of urea groups is 1. The molecule has 0 aromatic rings. The number of amides is 2. The zero-order chi connectivity index (χ0) is 15.5. The van der Waals surface area contributed by atoms with Gasteiger partial charge in [0.05, 0.1) is 13.0 Å². The van der Waals surface area contributed by atoms with Crippen LogP contribution in [0.2, 0.25) is 0 Å². The summed E-state index contributed by atoms with van der Waals surface area (Å²) in [5, 5.41) is 21.8. The average molecular weight is 291 g/mol. The van der Waals surface area contributed by atoms with Crippen molar-refractivity contribution >= 4 is 18.0 Å². The number of hydrogen-bond acceptors (Lipinski definition) is 5. The summed E-state index contributed by atoms with van der Waals surface area (Å²) < 4.78 is 4.89. The Labute approximate surface area is 116 Å². The molecule has 0 spiro atoms. The zero-order valence-electron chi connectivity index (χ0n) is 11.6. The highest BCUT2D eigenvalue weighted by atomic mass is 16.5. The zero-order valence-corrected chi connectivity index (χ0v) is 11.6. The topological polar surface area (TPSA) is 128 Å². The van der Waals surface area contributed by atoms with Gasteiger partial charge in [0.1, 0.15) is 6.04 Å². The predicted octanol–water partition coefficient (Wildman–Crippen LogP) is -1.21. The van der Waals surface area contributed by atoms with Gasteiger partial charge in [-0.05, 0) is 7.05 Å². The van der Waals surface area contributed by atoms with E-state index in [2.05, 4.69) is 10.6 Å². The maximum absolute atomic E-state index is 11.4. The third-order valence-electron chi connectivity index (χ3n) is 2.44. The lowest BCUT2D eigenvalue weighted by atomic mass is 10.2. The van der Waals surface area contributed by atoms with Gasteiger partial charge in [-0.25, -0.2) is 9.59 Å². The van der Waals surface area contributed by atoms with Crippen molar-refractivity contribution < 1.29 is 29.3 Å². The van der Waals surface area contributed by atoms with Gasteiger partial charge in [0.2, 0.25) is 0 Å². The number of carboxylic acid groups (broad SMARTS) is 2. The molecule has 2 amide bonds. The van der Waals surface area contributed by atoms with Crippen LogP contribution in [0.1, 0.15) is 6.42 Å². The molecule has 0 aromatic heterocycles. The van der Waals surface area contributed by atoms with Gasteiger partial charge in [-0.2, -0.15) is 0 Å². The van der Waals surface area contributed by atoms with Gasteiger partial charge in [0.25, 0.3) is 0 Å². The quantitative estimate of drug-likeness (QED) is 0.397. The fraction of sp³-hybridized carbons (Fsp3) is 0.727. The Hall–Kier alpha value is -1.87.